The van der Waals surface area contributed by atoms with Crippen LogP contribution in [-0.4, -0.2) is 22.1 Å². The van der Waals surface area contributed by atoms with E-state index in [9.17, 15) is 8.78 Å². The molecule has 4 rings (SSSR count). The number of hydrogen-bond donors (Lipinski definition) is 1. The second kappa shape index (κ2) is 5.61. The third kappa shape index (κ3) is 2.62. The summed E-state index contributed by atoms with van der Waals surface area (Å²) in [4.78, 5) is 4.58. The minimum Gasteiger partial charge on any atom is -0.328 e. The van der Waals surface area contributed by atoms with E-state index in [2.05, 4.69) is 14.9 Å². The molecule has 1 N–H and O–H groups in total. The number of aryl methyl sites for hydroxylation is 1. The van der Waals surface area contributed by atoms with Gasteiger partial charge in [-0.3, -0.25) is 0 Å². The van der Waals surface area contributed by atoms with Crippen molar-refractivity contribution >= 4 is 11.0 Å². The molecule has 2 aliphatic rings. The fourth-order valence-electron chi connectivity index (χ4n) is 3.48. The van der Waals surface area contributed by atoms with Gasteiger partial charge in [0.1, 0.15) is 5.82 Å². The molecule has 1 aromatic heterocycles. The normalized spacial score (nSPS) is 22.4. The molecule has 0 spiro atoms. The van der Waals surface area contributed by atoms with Crippen LogP contribution in [0.1, 0.15) is 50.3 Å². The maximum Gasteiger partial charge on any atom is 0.161 e. The largest absolute Gasteiger partial charge is 0.328 e. The lowest BCUT2D eigenvalue weighted by Crippen LogP contribution is -2.34. The molecule has 2 aromatic rings. The zero-order chi connectivity index (χ0) is 15.1. The van der Waals surface area contributed by atoms with Gasteiger partial charge in [0.25, 0.3) is 0 Å². The van der Waals surface area contributed by atoms with Crippen molar-refractivity contribution in [1.82, 2.24) is 14.9 Å². The summed E-state index contributed by atoms with van der Waals surface area (Å²) in [5, 5.41) is 3.55. The van der Waals surface area contributed by atoms with Gasteiger partial charge in [0.15, 0.2) is 11.6 Å². The Morgan fingerprint density at radius 3 is 2.68 bits per heavy atom. The fourth-order valence-corrected chi connectivity index (χ4v) is 3.48. The number of nitrogens with zero attached hydrogens (tertiary/aromatic N) is 2. The maximum absolute atomic E-state index is 13.6. The van der Waals surface area contributed by atoms with Crippen LogP contribution >= 0.6 is 0 Å². The molecule has 2 fully saturated rings. The SMILES string of the molecule is Fc1cc2nc(C3CC3)n(CCC3CCCCN3)c2cc1F. The third-order valence-corrected chi connectivity index (χ3v) is 4.88. The van der Waals surface area contributed by atoms with Crippen LogP contribution in [0.25, 0.3) is 11.0 Å². The molecule has 1 aliphatic carbocycles. The standard InChI is InChI=1S/C17H21F2N3/c18-13-9-15-16(10-14(13)19)22(17(21-15)11-4-5-11)8-6-12-3-1-2-7-20-12/h9-12,20H,1-8H2. The molecular weight excluding hydrogens is 284 g/mol. The summed E-state index contributed by atoms with van der Waals surface area (Å²) >= 11 is 0. The van der Waals surface area contributed by atoms with Gasteiger partial charge in [-0.25, -0.2) is 13.8 Å². The van der Waals surface area contributed by atoms with Crippen molar-refractivity contribution in [3.8, 4) is 0 Å². The summed E-state index contributed by atoms with van der Waals surface area (Å²) in [6.07, 6.45) is 7.02. The molecule has 0 amide bonds. The zero-order valence-corrected chi connectivity index (χ0v) is 12.6. The highest BCUT2D eigenvalue weighted by Crippen LogP contribution is 2.41. The Balaban J connectivity index is 1.64. The summed E-state index contributed by atoms with van der Waals surface area (Å²) in [6, 6.07) is 3.06. The Morgan fingerprint density at radius 1 is 1.14 bits per heavy atom. The van der Waals surface area contributed by atoms with Gasteiger partial charge in [-0.1, -0.05) is 6.42 Å². The molecule has 1 unspecified atom stereocenters. The van der Waals surface area contributed by atoms with Gasteiger partial charge in [0, 0.05) is 30.6 Å². The van der Waals surface area contributed by atoms with Crippen molar-refractivity contribution < 1.29 is 8.78 Å². The lowest BCUT2D eigenvalue weighted by Gasteiger charge is -2.24. The van der Waals surface area contributed by atoms with Crippen molar-refractivity contribution in [3.05, 3.63) is 29.6 Å². The molecule has 1 saturated heterocycles. The minimum absolute atomic E-state index is 0.470. The Labute approximate surface area is 128 Å². The second-order valence-corrected chi connectivity index (χ2v) is 6.59. The first kappa shape index (κ1) is 14.1. The molecule has 0 bridgehead atoms. The lowest BCUT2D eigenvalue weighted by molar-refractivity contribution is 0.366. The van der Waals surface area contributed by atoms with Crippen molar-refractivity contribution in [2.24, 2.45) is 0 Å². The van der Waals surface area contributed by atoms with Crippen molar-refractivity contribution in [2.75, 3.05) is 6.54 Å². The van der Waals surface area contributed by atoms with E-state index in [0.717, 1.165) is 43.7 Å². The average Bonchev–Trinajstić information content (AvgIpc) is 3.31. The van der Waals surface area contributed by atoms with Gasteiger partial charge in [0.05, 0.1) is 11.0 Å². The fraction of sp³-hybridized carbons (Fsp3) is 0.588. The van der Waals surface area contributed by atoms with E-state index < -0.39 is 11.6 Å². The maximum atomic E-state index is 13.6. The van der Waals surface area contributed by atoms with Crippen LogP contribution in [0.2, 0.25) is 0 Å². The van der Waals surface area contributed by atoms with E-state index in [-0.39, 0.29) is 0 Å². The van der Waals surface area contributed by atoms with Crippen molar-refractivity contribution in [1.29, 1.82) is 0 Å². The first-order chi connectivity index (χ1) is 10.7. The highest BCUT2D eigenvalue weighted by Gasteiger charge is 2.30. The quantitative estimate of drug-likeness (QED) is 0.933. The van der Waals surface area contributed by atoms with Gasteiger partial charge in [-0.05, 0) is 38.6 Å². The van der Waals surface area contributed by atoms with Crippen LogP contribution in [0.3, 0.4) is 0 Å². The highest BCUT2D eigenvalue weighted by molar-refractivity contribution is 5.76. The Hall–Kier alpha value is -1.49. The number of piperidine rings is 1. The number of rotatable bonds is 4. The van der Waals surface area contributed by atoms with Crippen molar-refractivity contribution in [3.63, 3.8) is 0 Å². The minimum atomic E-state index is -0.812. The molecule has 1 atom stereocenters. The number of nitrogens with one attached hydrogen (secondary N) is 1. The number of halogens is 2. The molecule has 1 saturated carbocycles. The van der Waals surface area contributed by atoms with Crippen LogP contribution in [0, 0.1) is 11.6 Å². The molecule has 118 valence electrons. The number of fused-ring (bicyclic) bond motifs is 1. The first-order valence-electron chi connectivity index (χ1n) is 8.31. The Kier molecular flexibility index (Phi) is 3.60. The monoisotopic (exact) mass is 305 g/mol. The van der Waals surface area contributed by atoms with Crippen molar-refractivity contribution in [2.45, 2.75) is 57.0 Å². The summed E-state index contributed by atoms with van der Waals surface area (Å²) in [7, 11) is 0. The topological polar surface area (TPSA) is 29.9 Å². The zero-order valence-electron chi connectivity index (χ0n) is 12.6. The van der Waals surface area contributed by atoms with Gasteiger partial charge in [-0.15, -0.1) is 0 Å². The average molecular weight is 305 g/mol. The Bertz CT molecular complexity index is 685. The predicted octanol–water partition coefficient (Wildman–Crippen LogP) is 3.72. The molecule has 1 aliphatic heterocycles. The number of benzene rings is 1. The predicted molar refractivity (Wildman–Crippen MR) is 81.9 cm³/mol. The summed E-state index contributed by atoms with van der Waals surface area (Å²) in [5.74, 6) is -0.117. The van der Waals surface area contributed by atoms with Crippen LogP contribution in [0.4, 0.5) is 8.78 Å². The van der Waals surface area contributed by atoms with E-state index in [1.165, 1.54) is 31.4 Å². The van der Waals surface area contributed by atoms with E-state index >= 15 is 0 Å². The second-order valence-electron chi connectivity index (χ2n) is 6.59. The van der Waals surface area contributed by atoms with Gasteiger partial charge in [-0.2, -0.15) is 0 Å². The summed E-state index contributed by atoms with van der Waals surface area (Å²) < 4.78 is 29.2. The highest BCUT2D eigenvalue weighted by atomic mass is 19.2. The van der Waals surface area contributed by atoms with Crippen LogP contribution in [-0.2, 0) is 6.54 Å². The van der Waals surface area contributed by atoms with Gasteiger partial charge >= 0.3 is 0 Å². The van der Waals surface area contributed by atoms with Crippen LogP contribution in [0.15, 0.2) is 12.1 Å². The van der Waals surface area contributed by atoms with E-state index in [0.29, 0.717) is 17.5 Å². The van der Waals surface area contributed by atoms with E-state index in [4.69, 9.17) is 0 Å². The number of hydrogen-bond acceptors (Lipinski definition) is 2. The lowest BCUT2D eigenvalue weighted by atomic mass is 10.0. The van der Waals surface area contributed by atoms with Crippen LogP contribution < -0.4 is 5.32 Å². The van der Waals surface area contributed by atoms with E-state index in [1.807, 2.05) is 0 Å². The summed E-state index contributed by atoms with van der Waals surface area (Å²) in [6.45, 7) is 1.91. The number of aromatic nitrogens is 2. The molecule has 5 heteroatoms. The molecule has 0 radical (unpaired) electrons. The molecule has 1 aromatic carbocycles. The molecular formula is C17H21F2N3. The van der Waals surface area contributed by atoms with E-state index in [1.54, 1.807) is 0 Å². The first-order valence-corrected chi connectivity index (χ1v) is 8.31. The Morgan fingerprint density at radius 2 is 1.95 bits per heavy atom. The summed E-state index contributed by atoms with van der Waals surface area (Å²) in [5.41, 5.74) is 1.31. The molecule has 22 heavy (non-hydrogen) atoms. The molecule has 3 nitrogen and oxygen atoms in total. The van der Waals surface area contributed by atoms with Gasteiger partial charge in [0.2, 0.25) is 0 Å². The van der Waals surface area contributed by atoms with Gasteiger partial charge < -0.3 is 9.88 Å². The number of imidazole rings is 1. The smallest absolute Gasteiger partial charge is 0.161 e. The molecule has 2 heterocycles. The third-order valence-electron chi connectivity index (χ3n) is 4.88. The van der Waals surface area contributed by atoms with Crippen LogP contribution in [0.5, 0.6) is 0 Å².